The highest BCUT2D eigenvalue weighted by Crippen LogP contribution is 2.54. The summed E-state index contributed by atoms with van der Waals surface area (Å²) in [5.41, 5.74) is 5.59. The van der Waals surface area contributed by atoms with Gasteiger partial charge in [-0.1, -0.05) is 187 Å². The Balaban J connectivity index is 0.000000182. The summed E-state index contributed by atoms with van der Waals surface area (Å²) in [6, 6.07) is 57.1. The summed E-state index contributed by atoms with van der Waals surface area (Å²) in [5.74, 6) is 4.48. The van der Waals surface area contributed by atoms with Crippen molar-refractivity contribution < 1.29 is 38.0 Å². The second-order valence-corrected chi connectivity index (χ2v) is 35.2. The Morgan fingerprint density at radius 3 is 1.27 bits per heavy atom. The number of methoxy groups -OCH3 is 2. The number of aliphatic hydroxyl groups is 2. The fraction of sp³-hybridized carbons (Fsp3) is 0.493. The molecule has 0 bridgehead atoms. The minimum Gasteiger partial charge on any atom is -0.496 e. The molecule has 6 aromatic rings. The minimum atomic E-state index is -2.72. The number of ether oxygens (including phenoxy) is 4. The van der Waals surface area contributed by atoms with Crippen LogP contribution in [0, 0.1) is 35.5 Å². The van der Waals surface area contributed by atoms with Crippen LogP contribution < -0.4 is 30.2 Å². The van der Waals surface area contributed by atoms with E-state index in [1.807, 2.05) is 13.8 Å². The summed E-state index contributed by atoms with van der Waals surface area (Å²) in [4.78, 5) is 0. The van der Waals surface area contributed by atoms with Gasteiger partial charge in [0.05, 0.1) is 39.6 Å². The van der Waals surface area contributed by atoms with E-state index in [4.69, 9.17) is 27.8 Å². The Labute approximate surface area is 487 Å². The van der Waals surface area contributed by atoms with Crippen molar-refractivity contribution in [2.24, 2.45) is 35.5 Å². The number of fused-ring (bicyclic) bond motifs is 4. The van der Waals surface area contributed by atoms with Crippen molar-refractivity contribution in [3.63, 3.8) is 0 Å². The predicted octanol–water partition coefficient (Wildman–Crippen LogP) is 12.0. The molecule has 2 N–H and O–H groups in total. The summed E-state index contributed by atoms with van der Waals surface area (Å²) in [5, 5.41) is 25.1. The summed E-state index contributed by atoms with van der Waals surface area (Å²) in [6.07, 6.45) is 9.53. The SMILES string of the molecule is COc1cccc2c1C[C@H]1C[C@@H](O[Si](c3ccccc3)(c3ccccc3)C(C)(C)C)[C@H](CC[C@@H](O)CO)[C@H]1C2.COc1cccc2c1C[C@H]1C[C@@H](O[Si](c3ccccc3)(c3ccccc3)C(C)(C)C)[C@H](CC[C@@H]3COC(C)(C)O3)[C@H]1C2. The van der Waals surface area contributed by atoms with Gasteiger partial charge < -0.3 is 38.0 Å². The van der Waals surface area contributed by atoms with Crippen molar-refractivity contribution in [1.82, 2.24) is 0 Å². The van der Waals surface area contributed by atoms with Crippen LogP contribution >= 0.6 is 0 Å². The van der Waals surface area contributed by atoms with E-state index in [-0.39, 0.29) is 35.0 Å². The third kappa shape index (κ3) is 12.1. The molecular formula is C71H92O8Si2. The second-order valence-electron chi connectivity index (χ2n) is 26.7. The van der Waals surface area contributed by atoms with Gasteiger partial charge in [-0.3, -0.25) is 0 Å². The van der Waals surface area contributed by atoms with Crippen molar-refractivity contribution in [3.05, 3.63) is 180 Å². The zero-order valence-corrected chi connectivity index (χ0v) is 52.1. The molecule has 10 heteroatoms. The quantitative estimate of drug-likeness (QED) is 0.0872. The van der Waals surface area contributed by atoms with E-state index in [9.17, 15) is 10.2 Å². The zero-order chi connectivity index (χ0) is 57.2. The molecule has 0 aromatic heterocycles. The lowest BCUT2D eigenvalue weighted by molar-refractivity contribution is -0.139. The van der Waals surface area contributed by atoms with Crippen LogP contribution in [0.25, 0.3) is 0 Å². The van der Waals surface area contributed by atoms with Gasteiger partial charge >= 0.3 is 0 Å². The summed E-state index contributed by atoms with van der Waals surface area (Å²) >= 11 is 0. The number of aliphatic hydroxyl groups excluding tert-OH is 2. The monoisotopic (exact) mass is 1130 g/mol. The first-order valence-corrected chi connectivity index (χ1v) is 34.2. The molecule has 5 aliphatic rings. The third-order valence-corrected chi connectivity index (χ3v) is 29.6. The van der Waals surface area contributed by atoms with Gasteiger partial charge in [-0.2, -0.15) is 0 Å². The van der Waals surface area contributed by atoms with Gasteiger partial charge in [0.25, 0.3) is 16.6 Å². The van der Waals surface area contributed by atoms with Gasteiger partial charge in [0.1, 0.15) is 11.5 Å². The molecule has 10 atom stereocenters. The van der Waals surface area contributed by atoms with Gasteiger partial charge in [-0.05, 0) is 179 Å². The molecule has 1 aliphatic heterocycles. The van der Waals surface area contributed by atoms with Crippen LogP contribution in [-0.2, 0) is 44.0 Å². The van der Waals surface area contributed by atoms with Crippen molar-refractivity contribution in [2.75, 3.05) is 27.4 Å². The minimum absolute atomic E-state index is 0.0490. The van der Waals surface area contributed by atoms with E-state index in [1.165, 1.54) is 43.0 Å². The summed E-state index contributed by atoms with van der Waals surface area (Å²) in [7, 11) is -1.83. The van der Waals surface area contributed by atoms with Crippen molar-refractivity contribution in [3.8, 4) is 11.5 Å². The third-order valence-electron chi connectivity index (χ3n) is 19.5. The largest absolute Gasteiger partial charge is 0.496 e. The molecule has 1 heterocycles. The molecule has 6 aromatic carbocycles. The topological polar surface area (TPSA) is 95.8 Å². The number of rotatable bonds is 17. The number of hydrogen-bond donors (Lipinski definition) is 2. The average molecular weight is 1130 g/mol. The van der Waals surface area contributed by atoms with Crippen molar-refractivity contribution >= 4 is 37.4 Å². The Hall–Kier alpha value is -4.89. The van der Waals surface area contributed by atoms with Crippen molar-refractivity contribution in [1.29, 1.82) is 0 Å². The number of hydrogen-bond acceptors (Lipinski definition) is 8. The Morgan fingerprint density at radius 1 is 0.531 bits per heavy atom. The molecule has 432 valence electrons. The molecular weight excluding hydrogens is 1040 g/mol. The summed E-state index contributed by atoms with van der Waals surface area (Å²) < 4.78 is 39.5. The zero-order valence-electron chi connectivity index (χ0n) is 50.1. The smallest absolute Gasteiger partial charge is 0.261 e. The van der Waals surface area contributed by atoms with Crippen LogP contribution in [0.5, 0.6) is 11.5 Å². The highest BCUT2D eigenvalue weighted by Gasteiger charge is 2.57. The van der Waals surface area contributed by atoms with Gasteiger partial charge in [0.15, 0.2) is 5.79 Å². The normalized spacial score (nSPS) is 25.4. The highest BCUT2D eigenvalue weighted by atomic mass is 28.4. The van der Waals surface area contributed by atoms with Crippen LogP contribution in [0.4, 0.5) is 0 Å². The lowest BCUT2D eigenvalue weighted by atomic mass is 9.73. The van der Waals surface area contributed by atoms with E-state index in [0.29, 0.717) is 48.5 Å². The molecule has 11 rings (SSSR count). The molecule has 8 nitrogen and oxygen atoms in total. The maximum atomic E-state index is 10.3. The fourth-order valence-electron chi connectivity index (χ4n) is 15.8. The lowest BCUT2D eigenvalue weighted by Crippen LogP contribution is -2.68. The Kier molecular flexibility index (Phi) is 18.1. The van der Waals surface area contributed by atoms with Crippen LogP contribution in [0.1, 0.15) is 116 Å². The maximum absolute atomic E-state index is 10.3. The average Bonchev–Trinajstić information content (AvgIpc) is 4.20. The second kappa shape index (κ2) is 24.7. The van der Waals surface area contributed by atoms with Crippen LogP contribution in [-0.4, -0.2) is 84.5 Å². The molecule has 0 radical (unpaired) electrons. The van der Waals surface area contributed by atoms with Crippen molar-refractivity contribution in [2.45, 2.75) is 160 Å². The molecule has 0 spiro atoms. The molecule has 3 fully saturated rings. The predicted molar refractivity (Wildman–Crippen MR) is 332 cm³/mol. The number of benzene rings is 6. The lowest BCUT2D eigenvalue weighted by Gasteiger charge is -2.46. The van der Waals surface area contributed by atoms with E-state index >= 15 is 0 Å². The molecule has 0 amide bonds. The van der Waals surface area contributed by atoms with E-state index in [2.05, 4.69) is 199 Å². The van der Waals surface area contributed by atoms with Gasteiger partial charge in [0, 0.05) is 12.2 Å². The maximum Gasteiger partial charge on any atom is 0.261 e. The highest BCUT2D eigenvalue weighted by molar-refractivity contribution is 7.00. The Morgan fingerprint density at radius 2 is 0.926 bits per heavy atom. The molecule has 2 saturated carbocycles. The van der Waals surface area contributed by atoms with E-state index in [1.54, 1.807) is 14.2 Å². The summed E-state index contributed by atoms with van der Waals surface area (Å²) in [6.45, 7) is 18.7. The van der Waals surface area contributed by atoms with E-state index in [0.717, 1.165) is 69.3 Å². The van der Waals surface area contributed by atoms with Crippen LogP contribution in [0.3, 0.4) is 0 Å². The molecule has 0 unspecified atom stereocenters. The van der Waals surface area contributed by atoms with Gasteiger partial charge in [-0.15, -0.1) is 0 Å². The fourth-order valence-corrected chi connectivity index (χ4v) is 25.3. The molecule has 1 saturated heterocycles. The molecule has 81 heavy (non-hydrogen) atoms. The van der Waals surface area contributed by atoms with E-state index < -0.39 is 28.5 Å². The first-order chi connectivity index (χ1) is 38.9. The Bertz CT molecular complexity index is 2900. The van der Waals surface area contributed by atoms with Gasteiger partial charge in [-0.25, -0.2) is 0 Å². The molecule has 4 aliphatic carbocycles. The van der Waals surface area contributed by atoms with Crippen LogP contribution in [0.2, 0.25) is 10.1 Å². The van der Waals surface area contributed by atoms with Crippen LogP contribution in [0.15, 0.2) is 158 Å². The first-order valence-electron chi connectivity index (χ1n) is 30.4. The van der Waals surface area contributed by atoms with Gasteiger partial charge in [0.2, 0.25) is 0 Å². The standard InChI is InChI=1S/C37H48O4Si.C34H44O4Si/c1-36(2,3)42(29-15-9-7-10-16-29,30-17-11-8-12-18-30)41-35-24-27-23-33-26(14-13-19-34(33)38-6)22-32(27)31(35)21-20-28-25-39-37(4,5)40-28;1-34(2,3)39(27-13-7-5-8-14-27,28-15-9-6-10-16-28)38-33-22-25-21-31-24(12-11-17-32(31)37-4)20-30(25)29(33)19-18-26(36)23-35/h7-19,27-28,31-32,35H,20-25H2,1-6H3;5-17,25-26,29-30,33,35-36H,18-23H2,1-4H3/t27-,28+,31+,32-,35+;25-,26+,29+,30-,33+/m00/s1. The first kappa shape index (κ1) is 59.3.